The van der Waals surface area contributed by atoms with E-state index in [1.54, 1.807) is 24.0 Å². The van der Waals surface area contributed by atoms with Gasteiger partial charge in [-0.2, -0.15) is 4.31 Å². The molecule has 0 unspecified atom stereocenters. The van der Waals surface area contributed by atoms with Gasteiger partial charge in [0.15, 0.2) is 0 Å². The van der Waals surface area contributed by atoms with Crippen LogP contribution in [0.4, 0.5) is 0 Å². The van der Waals surface area contributed by atoms with E-state index < -0.39 is 10.0 Å². The van der Waals surface area contributed by atoms with E-state index in [0.29, 0.717) is 42.2 Å². The molecule has 0 radical (unpaired) electrons. The molecule has 1 aromatic heterocycles. The van der Waals surface area contributed by atoms with Crippen molar-refractivity contribution in [1.29, 1.82) is 0 Å². The molecular formula is C21H26N4O4S. The summed E-state index contributed by atoms with van der Waals surface area (Å²) in [5, 5.41) is 0. The van der Waals surface area contributed by atoms with E-state index in [-0.39, 0.29) is 29.8 Å². The third kappa shape index (κ3) is 3.91. The Kier molecular flexibility index (Phi) is 5.75. The van der Waals surface area contributed by atoms with Crippen LogP contribution < -0.4 is 5.56 Å². The summed E-state index contributed by atoms with van der Waals surface area (Å²) >= 11 is 0. The first-order valence-corrected chi connectivity index (χ1v) is 12.0. The maximum atomic E-state index is 13.1. The highest BCUT2D eigenvalue weighted by atomic mass is 32.2. The standard InChI is InChI=1S/C21H26N4O4S/c1-2-30(28,29)24-13-11-17-16(14-24)20(26)23-19(22-17)18-10-6-7-12-25(18)21(27)15-8-4-3-5-9-15/h3-5,8-9,18H,2,6-7,10-14H2,1H3,(H,22,23,26)/t18-/m0/s1. The van der Waals surface area contributed by atoms with Gasteiger partial charge in [0, 0.05) is 31.6 Å². The molecule has 2 aromatic rings. The fourth-order valence-electron chi connectivity index (χ4n) is 4.20. The second-order valence-electron chi connectivity index (χ2n) is 7.74. The Morgan fingerprint density at radius 3 is 2.70 bits per heavy atom. The summed E-state index contributed by atoms with van der Waals surface area (Å²) in [5.74, 6) is 0.431. The first kappa shape index (κ1) is 20.7. The lowest BCUT2D eigenvalue weighted by Gasteiger charge is -2.35. The van der Waals surface area contributed by atoms with Gasteiger partial charge in [0.2, 0.25) is 10.0 Å². The Hall–Kier alpha value is -2.52. The highest BCUT2D eigenvalue weighted by molar-refractivity contribution is 7.89. The molecule has 1 saturated heterocycles. The zero-order chi connectivity index (χ0) is 21.3. The maximum Gasteiger partial charge on any atom is 0.255 e. The number of sulfonamides is 1. The maximum absolute atomic E-state index is 13.1. The number of nitrogens with one attached hydrogen (secondary N) is 1. The molecular weight excluding hydrogens is 404 g/mol. The third-order valence-corrected chi connectivity index (χ3v) is 7.74. The van der Waals surface area contributed by atoms with Crippen LogP contribution in [-0.2, 0) is 23.0 Å². The van der Waals surface area contributed by atoms with Crippen LogP contribution in [0.1, 0.15) is 59.7 Å². The lowest BCUT2D eigenvalue weighted by molar-refractivity contribution is 0.0599. The SMILES string of the molecule is CCS(=O)(=O)N1CCc2nc([C@@H]3CCCCN3C(=O)c3ccccc3)[nH]c(=O)c2C1. The lowest BCUT2D eigenvalue weighted by atomic mass is 9.99. The van der Waals surface area contributed by atoms with Gasteiger partial charge >= 0.3 is 0 Å². The first-order valence-electron chi connectivity index (χ1n) is 10.4. The topological polar surface area (TPSA) is 103 Å². The second-order valence-corrected chi connectivity index (χ2v) is 9.99. The summed E-state index contributed by atoms with van der Waals surface area (Å²) in [7, 11) is -3.36. The minimum absolute atomic E-state index is 0.00435. The number of carbonyl (C=O) groups is 1. The molecule has 2 aliphatic rings. The molecule has 0 bridgehead atoms. The van der Waals surface area contributed by atoms with E-state index in [9.17, 15) is 18.0 Å². The van der Waals surface area contributed by atoms with Crippen molar-refractivity contribution in [2.75, 3.05) is 18.8 Å². The van der Waals surface area contributed by atoms with Crippen LogP contribution in [0.15, 0.2) is 35.1 Å². The number of rotatable bonds is 4. The van der Waals surface area contributed by atoms with Crippen molar-refractivity contribution in [2.24, 2.45) is 0 Å². The molecule has 160 valence electrons. The predicted octanol–water partition coefficient (Wildman–Crippen LogP) is 1.85. The van der Waals surface area contributed by atoms with Gasteiger partial charge in [-0.3, -0.25) is 9.59 Å². The van der Waals surface area contributed by atoms with Crippen LogP contribution in [0.2, 0.25) is 0 Å². The predicted molar refractivity (Wildman–Crippen MR) is 113 cm³/mol. The summed E-state index contributed by atoms with van der Waals surface area (Å²) in [6.07, 6.45) is 2.99. The van der Waals surface area contributed by atoms with Crippen molar-refractivity contribution in [3.63, 3.8) is 0 Å². The van der Waals surface area contributed by atoms with Crippen LogP contribution in [-0.4, -0.2) is 52.3 Å². The minimum Gasteiger partial charge on any atom is -0.328 e. The molecule has 9 heteroatoms. The Labute approximate surface area is 176 Å². The highest BCUT2D eigenvalue weighted by Gasteiger charge is 2.33. The fraction of sp³-hybridized carbons (Fsp3) is 0.476. The summed E-state index contributed by atoms with van der Waals surface area (Å²) in [5.41, 5.74) is 1.33. The van der Waals surface area contributed by atoms with E-state index in [1.165, 1.54) is 4.31 Å². The molecule has 8 nitrogen and oxygen atoms in total. The third-order valence-electron chi connectivity index (χ3n) is 5.91. The zero-order valence-corrected chi connectivity index (χ0v) is 17.8. The Morgan fingerprint density at radius 1 is 1.20 bits per heavy atom. The van der Waals surface area contributed by atoms with Gasteiger partial charge in [-0.25, -0.2) is 13.4 Å². The van der Waals surface area contributed by atoms with E-state index in [2.05, 4.69) is 4.98 Å². The quantitative estimate of drug-likeness (QED) is 0.797. The lowest BCUT2D eigenvalue weighted by Crippen LogP contribution is -2.43. The van der Waals surface area contributed by atoms with Crippen molar-refractivity contribution >= 4 is 15.9 Å². The van der Waals surface area contributed by atoms with Crippen LogP contribution >= 0.6 is 0 Å². The largest absolute Gasteiger partial charge is 0.328 e. The van der Waals surface area contributed by atoms with Crippen molar-refractivity contribution in [1.82, 2.24) is 19.2 Å². The van der Waals surface area contributed by atoms with Crippen molar-refractivity contribution in [3.8, 4) is 0 Å². The van der Waals surface area contributed by atoms with Crippen LogP contribution in [0, 0.1) is 0 Å². The smallest absolute Gasteiger partial charge is 0.255 e. The van der Waals surface area contributed by atoms with E-state index in [4.69, 9.17) is 4.98 Å². The summed E-state index contributed by atoms with van der Waals surface area (Å²) in [6.45, 7) is 2.57. The molecule has 0 spiro atoms. The number of nitrogens with zero attached hydrogens (tertiary/aromatic N) is 3. The number of hydrogen-bond acceptors (Lipinski definition) is 5. The molecule has 1 N–H and O–H groups in total. The van der Waals surface area contributed by atoms with E-state index in [1.807, 2.05) is 18.2 Å². The van der Waals surface area contributed by atoms with Gasteiger partial charge in [0.1, 0.15) is 5.82 Å². The van der Waals surface area contributed by atoms with Crippen molar-refractivity contribution in [3.05, 3.63) is 63.3 Å². The molecule has 30 heavy (non-hydrogen) atoms. The number of aromatic nitrogens is 2. The van der Waals surface area contributed by atoms with Crippen LogP contribution in [0.25, 0.3) is 0 Å². The number of H-pyrrole nitrogens is 1. The van der Waals surface area contributed by atoms with Gasteiger partial charge in [0.05, 0.1) is 23.1 Å². The highest BCUT2D eigenvalue weighted by Crippen LogP contribution is 2.30. The van der Waals surface area contributed by atoms with E-state index >= 15 is 0 Å². The molecule has 1 atom stereocenters. The number of piperidine rings is 1. The Balaban J connectivity index is 1.65. The summed E-state index contributed by atoms with van der Waals surface area (Å²) in [4.78, 5) is 35.2. The Morgan fingerprint density at radius 2 is 1.97 bits per heavy atom. The molecule has 4 rings (SSSR count). The monoisotopic (exact) mass is 430 g/mol. The number of aromatic amines is 1. The summed E-state index contributed by atoms with van der Waals surface area (Å²) < 4.78 is 25.7. The van der Waals surface area contributed by atoms with Crippen LogP contribution in [0.5, 0.6) is 0 Å². The normalized spacial score (nSPS) is 20.0. The summed E-state index contributed by atoms with van der Waals surface area (Å²) in [6, 6.07) is 8.83. The van der Waals surface area contributed by atoms with E-state index in [0.717, 1.165) is 19.3 Å². The molecule has 1 amide bonds. The molecule has 1 fully saturated rings. The fourth-order valence-corrected chi connectivity index (χ4v) is 5.26. The van der Waals surface area contributed by atoms with Crippen LogP contribution in [0.3, 0.4) is 0 Å². The van der Waals surface area contributed by atoms with Crippen molar-refractivity contribution < 1.29 is 13.2 Å². The Bertz CT molecular complexity index is 1100. The molecule has 0 saturated carbocycles. The first-order chi connectivity index (χ1) is 14.4. The van der Waals surface area contributed by atoms with Crippen molar-refractivity contribution in [2.45, 2.75) is 45.2 Å². The number of fused-ring (bicyclic) bond motifs is 1. The zero-order valence-electron chi connectivity index (χ0n) is 17.0. The van der Waals surface area contributed by atoms with Gasteiger partial charge in [-0.1, -0.05) is 18.2 Å². The minimum atomic E-state index is -3.36. The average Bonchev–Trinajstić information content (AvgIpc) is 2.79. The number of likely N-dealkylation sites (tertiary alicyclic amines) is 1. The van der Waals surface area contributed by atoms with Gasteiger partial charge < -0.3 is 9.88 Å². The van der Waals surface area contributed by atoms with Gasteiger partial charge in [-0.05, 0) is 38.3 Å². The molecule has 1 aromatic carbocycles. The number of carbonyl (C=O) groups excluding carboxylic acids is 1. The number of hydrogen-bond donors (Lipinski definition) is 1. The molecule has 2 aliphatic heterocycles. The number of amides is 1. The number of benzene rings is 1. The molecule has 0 aliphatic carbocycles. The second kappa shape index (κ2) is 8.31. The van der Waals surface area contributed by atoms with Gasteiger partial charge in [0.25, 0.3) is 11.5 Å². The molecule has 3 heterocycles. The van der Waals surface area contributed by atoms with Gasteiger partial charge in [-0.15, -0.1) is 0 Å². The average molecular weight is 431 g/mol.